The minimum absolute atomic E-state index is 0.909. The van der Waals surface area contributed by atoms with E-state index in [-0.39, 0.29) is 0 Å². The Balaban J connectivity index is 1.07. The number of hydrogen-bond donors (Lipinski definition) is 0. The molecule has 0 unspecified atom stereocenters. The Morgan fingerprint density at radius 2 is 0.966 bits per heavy atom. The van der Waals surface area contributed by atoms with E-state index in [2.05, 4.69) is 197 Å². The molecule has 13 aromatic rings. The van der Waals surface area contributed by atoms with Crippen molar-refractivity contribution in [1.29, 1.82) is 0 Å². The van der Waals surface area contributed by atoms with Crippen LogP contribution < -0.4 is 0 Å². The highest BCUT2D eigenvalue weighted by Gasteiger charge is 2.21. The lowest BCUT2D eigenvalue weighted by Gasteiger charge is -2.13. The van der Waals surface area contributed by atoms with Crippen LogP contribution in [0.15, 0.2) is 199 Å². The van der Waals surface area contributed by atoms with E-state index in [0.717, 1.165) is 33.3 Å². The first-order valence-electron chi connectivity index (χ1n) is 19.8. The second kappa shape index (κ2) is 12.1. The van der Waals surface area contributed by atoms with Gasteiger partial charge in [-0.05, 0) is 83.9 Å². The lowest BCUT2D eigenvalue weighted by atomic mass is 9.99. The quantitative estimate of drug-likeness (QED) is 0.175. The van der Waals surface area contributed by atoms with Crippen LogP contribution in [0.25, 0.3) is 119 Å². The summed E-state index contributed by atoms with van der Waals surface area (Å²) in [5.74, 6) is 0. The van der Waals surface area contributed by atoms with Gasteiger partial charge in [0.2, 0.25) is 0 Å². The Morgan fingerprint density at radius 3 is 1.83 bits per heavy atom. The first-order chi connectivity index (χ1) is 28.8. The molecule has 0 atom stereocenters. The number of hydrogen-bond acceptors (Lipinski definition) is 2. The zero-order valence-electron chi connectivity index (χ0n) is 31.2. The minimum atomic E-state index is 0.909. The van der Waals surface area contributed by atoms with Crippen LogP contribution in [-0.4, -0.2) is 9.13 Å². The van der Waals surface area contributed by atoms with E-state index in [4.69, 9.17) is 4.42 Å². The van der Waals surface area contributed by atoms with Crippen LogP contribution in [0.5, 0.6) is 0 Å². The Bertz CT molecular complexity index is 3800. The highest BCUT2D eigenvalue weighted by Crippen LogP contribution is 2.45. The van der Waals surface area contributed by atoms with Crippen molar-refractivity contribution in [1.82, 2.24) is 9.13 Å². The fraction of sp³-hybridized carbons (Fsp3) is 0. The first-order valence-corrected chi connectivity index (χ1v) is 20.6. The molecular formula is C54H32N2OS. The van der Waals surface area contributed by atoms with Crippen molar-refractivity contribution in [2.24, 2.45) is 0 Å². The highest BCUT2D eigenvalue weighted by molar-refractivity contribution is 7.26. The molecule has 4 aromatic heterocycles. The lowest BCUT2D eigenvalue weighted by Crippen LogP contribution is -1.96. The third-order valence-corrected chi connectivity index (χ3v) is 13.3. The van der Waals surface area contributed by atoms with Gasteiger partial charge in [-0.2, -0.15) is 0 Å². The maximum atomic E-state index is 6.26. The van der Waals surface area contributed by atoms with E-state index in [0.29, 0.717) is 0 Å². The number of aromatic nitrogens is 2. The van der Waals surface area contributed by atoms with E-state index in [1.165, 1.54) is 86.0 Å². The van der Waals surface area contributed by atoms with Crippen molar-refractivity contribution in [3.63, 3.8) is 0 Å². The molecule has 0 saturated carbocycles. The van der Waals surface area contributed by atoms with Gasteiger partial charge in [0.05, 0.1) is 22.1 Å². The zero-order valence-corrected chi connectivity index (χ0v) is 32.0. The zero-order chi connectivity index (χ0) is 37.9. The smallest absolute Gasteiger partial charge is 0.135 e. The van der Waals surface area contributed by atoms with Gasteiger partial charge in [0.15, 0.2) is 0 Å². The standard InChI is InChI=1S/C54H32N2OS/c1-2-13-35(14-3-1)56-48-22-9-4-15-38(48)42-20-12-19-37(53(42)56)33-25-27-49-44(29-33)39-16-5-8-21-47(39)55(49)36-31-43(54-46(32-36)41-18-7-11-24-52(41)58-54)34-26-28-51-45(30-34)40-17-6-10-23-50(40)57-51/h1-32H. The molecule has 0 amide bonds. The Labute approximate surface area is 336 Å². The van der Waals surface area contributed by atoms with Crippen molar-refractivity contribution in [3.8, 4) is 33.6 Å². The minimum Gasteiger partial charge on any atom is -0.456 e. The summed E-state index contributed by atoms with van der Waals surface area (Å²) in [5, 5.41) is 9.81. The van der Waals surface area contributed by atoms with Gasteiger partial charge in [-0.15, -0.1) is 11.3 Å². The van der Waals surface area contributed by atoms with Gasteiger partial charge in [-0.1, -0.05) is 121 Å². The van der Waals surface area contributed by atoms with E-state index in [9.17, 15) is 0 Å². The van der Waals surface area contributed by atoms with Crippen LogP contribution in [0.3, 0.4) is 0 Å². The summed E-state index contributed by atoms with van der Waals surface area (Å²) in [5.41, 5.74) is 13.7. The largest absolute Gasteiger partial charge is 0.456 e. The van der Waals surface area contributed by atoms with Gasteiger partial charge in [0.25, 0.3) is 0 Å². The van der Waals surface area contributed by atoms with Gasteiger partial charge in [0, 0.05) is 75.0 Å². The van der Waals surface area contributed by atoms with E-state index >= 15 is 0 Å². The maximum absolute atomic E-state index is 6.26. The van der Waals surface area contributed by atoms with Crippen LogP contribution in [0.2, 0.25) is 0 Å². The third kappa shape index (κ3) is 4.49. The van der Waals surface area contributed by atoms with Crippen molar-refractivity contribution >= 4 is 97.1 Å². The molecule has 0 N–H and O–H groups in total. The molecule has 58 heavy (non-hydrogen) atoms. The Hall–Kier alpha value is -7.40. The molecular weight excluding hydrogens is 725 g/mol. The fourth-order valence-corrected chi connectivity index (χ4v) is 10.8. The Kier molecular flexibility index (Phi) is 6.60. The summed E-state index contributed by atoms with van der Waals surface area (Å²) in [7, 11) is 0. The number of para-hydroxylation sites is 5. The molecule has 0 aliphatic carbocycles. The van der Waals surface area contributed by atoms with Crippen LogP contribution >= 0.6 is 11.3 Å². The van der Waals surface area contributed by atoms with Crippen LogP contribution in [0, 0.1) is 0 Å². The fourth-order valence-electron chi connectivity index (χ4n) is 9.56. The van der Waals surface area contributed by atoms with Crippen molar-refractivity contribution in [2.75, 3.05) is 0 Å². The highest BCUT2D eigenvalue weighted by atomic mass is 32.1. The average Bonchev–Trinajstić information content (AvgIpc) is 4.04. The number of rotatable bonds is 4. The molecule has 0 saturated heterocycles. The van der Waals surface area contributed by atoms with Crippen LogP contribution in [0.4, 0.5) is 0 Å². The lowest BCUT2D eigenvalue weighted by molar-refractivity contribution is 0.669. The number of furan rings is 1. The van der Waals surface area contributed by atoms with Crippen molar-refractivity contribution < 1.29 is 4.42 Å². The summed E-state index contributed by atoms with van der Waals surface area (Å²) < 4.78 is 13.7. The van der Waals surface area contributed by atoms with Gasteiger partial charge in [0.1, 0.15) is 11.2 Å². The predicted molar refractivity (Wildman–Crippen MR) is 246 cm³/mol. The molecule has 0 bridgehead atoms. The summed E-state index contributed by atoms with van der Waals surface area (Å²) in [6, 6.07) is 70.8. The van der Waals surface area contributed by atoms with E-state index in [1.54, 1.807) is 0 Å². The second-order valence-corrected chi connectivity index (χ2v) is 16.3. The molecule has 0 spiro atoms. The monoisotopic (exact) mass is 756 g/mol. The van der Waals surface area contributed by atoms with Gasteiger partial charge in [-0.3, -0.25) is 0 Å². The molecule has 4 heteroatoms. The number of thiophene rings is 1. The number of fused-ring (bicyclic) bond motifs is 12. The third-order valence-electron chi connectivity index (χ3n) is 12.1. The van der Waals surface area contributed by atoms with Crippen molar-refractivity contribution in [3.05, 3.63) is 194 Å². The molecule has 0 fully saturated rings. The number of benzene rings is 9. The van der Waals surface area contributed by atoms with Crippen LogP contribution in [-0.2, 0) is 0 Å². The topological polar surface area (TPSA) is 23.0 Å². The molecule has 0 radical (unpaired) electrons. The maximum Gasteiger partial charge on any atom is 0.135 e. The molecule has 0 aliphatic heterocycles. The normalized spacial score (nSPS) is 12.1. The van der Waals surface area contributed by atoms with E-state index < -0.39 is 0 Å². The molecule has 4 heterocycles. The molecule has 13 rings (SSSR count). The summed E-state index contributed by atoms with van der Waals surface area (Å²) in [6.07, 6.45) is 0. The SMILES string of the molecule is c1ccc(-n2c3ccccc3c3cccc(-c4ccc5c(c4)c4ccccc4n5-c4cc(-c5ccc6oc7ccccc7c6c5)c5sc6ccccc6c5c4)c32)cc1. The Morgan fingerprint density at radius 1 is 0.345 bits per heavy atom. The average molecular weight is 757 g/mol. The molecule has 3 nitrogen and oxygen atoms in total. The van der Waals surface area contributed by atoms with Crippen LogP contribution in [0.1, 0.15) is 0 Å². The molecule has 270 valence electrons. The number of nitrogens with zero attached hydrogens (tertiary/aromatic N) is 2. The summed E-state index contributed by atoms with van der Waals surface area (Å²) in [4.78, 5) is 0. The molecule has 0 aliphatic rings. The van der Waals surface area contributed by atoms with Crippen molar-refractivity contribution in [2.45, 2.75) is 0 Å². The van der Waals surface area contributed by atoms with Gasteiger partial charge in [-0.25, -0.2) is 0 Å². The second-order valence-electron chi connectivity index (χ2n) is 15.3. The van der Waals surface area contributed by atoms with Gasteiger partial charge < -0.3 is 13.6 Å². The summed E-state index contributed by atoms with van der Waals surface area (Å²) in [6.45, 7) is 0. The molecule has 9 aromatic carbocycles. The summed E-state index contributed by atoms with van der Waals surface area (Å²) >= 11 is 1.87. The van der Waals surface area contributed by atoms with Gasteiger partial charge >= 0.3 is 0 Å². The van der Waals surface area contributed by atoms with E-state index in [1.807, 2.05) is 17.4 Å². The predicted octanol–water partition coefficient (Wildman–Crippen LogP) is 15.5. The first kappa shape index (κ1) is 31.8.